The first-order valence-electron chi connectivity index (χ1n) is 7.50. The first-order chi connectivity index (χ1) is 11.2. The van der Waals surface area contributed by atoms with Crippen molar-refractivity contribution in [3.05, 3.63) is 75.6 Å². The first-order valence-corrected chi connectivity index (χ1v) is 7.50. The summed E-state index contributed by atoms with van der Waals surface area (Å²) in [5, 5.41) is 9.81. The van der Waals surface area contributed by atoms with Crippen molar-refractivity contribution in [1.82, 2.24) is 13.9 Å². The fourth-order valence-corrected chi connectivity index (χ4v) is 4.07. The molecule has 0 radical (unpaired) electrons. The molecule has 6 rings (SSSR count). The second-order valence-electron chi connectivity index (χ2n) is 6.17. The quantitative estimate of drug-likeness (QED) is 0.736. The maximum Gasteiger partial charge on any atom is 0.353 e. The number of rotatable bonds is 1. The van der Waals surface area contributed by atoms with E-state index in [4.69, 9.17) is 0 Å². The van der Waals surface area contributed by atoms with Crippen LogP contribution in [0.15, 0.2) is 64.2 Å². The van der Waals surface area contributed by atoms with Gasteiger partial charge in [0.1, 0.15) is 0 Å². The third-order valence-electron chi connectivity index (χ3n) is 5.21. The summed E-state index contributed by atoms with van der Waals surface area (Å²) in [6.07, 6.45) is 7.64. The zero-order valence-electron chi connectivity index (χ0n) is 12.0. The Balaban J connectivity index is 1.89. The molecule has 1 aromatic carbocycles. The molecule has 2 aliphatic carbocycles. The van der Waals surface area contributed by atoms with Gasteiger partial charge < -0.3 is 0 Å². The summed E-state index contributed by atoms with van der Waals surface area (Å²) in [6.45, 7) is 0. The van der Waals surface area contributed by atoms with E-state index in [0.717, 1.165) is 4.57 Å². The molecule has 0 saturated heterocycles. The molecule has 0 spiro atoms. The minimum Gasteiger partial charge on any atom is -0.245 e. The molecule has 112 valence electrons. The van der Waals surface area contributed by atoms with Crippen LogP contribution in [0.1, 0.15) is 6.04 Å². The number of benzene rings is 1. The van der Waals surface area contributed by atoms with Crippen LogP contribution in [0, 0.1) is 23.2 Å². The van der Waals surface area contributed by atoms with E-state index in [2.05, 4.69) is 6.07 Å². The summed E-state index contributed by atoms with van der Waals surface area (Å²) in [7, 11) is 0. The highest BCUT2D eigenvalue weighted by atomic mass is 16.2. The van der Waals surface area contributed by atoms with Crippen molar-refractivity contribution in [3.8, 4) is 11.8 Å². The second kappa shape index (κ2) is 3.82. The molecule has 1 aromatic heterocycles. The molecule has 0 N–H and O–H groups in total. The molecule has 2 aromatic rings. The first kappa shape index (κ1) is 12.5. The van der Waals surface area contributed by atoms with Crippen molar-refractivity contribution in [2.24, 2.45) is 11.8 Å². The lowest BCUT2D eigenvalue weighted by Gasteiger charge is -2.51. The highest BCUT2D eigenvalue weighted by Gasteiger charge is 2.57. The Morgan fingerprint density at radius 2 is 1.83 bits per heavy atom. The van der Waals surface area contributed by atoms with Crippen LogP contribution in [-0.2, 0) is 5.54 Å². The molecule has 4 atom stereocenters. The lowest BCUT2D eigenvalue weighted by atomic mass is 9.62. The molecule has 0 fully saturated rings. The Labute approximate surface area is 130 Å². The summed E-state index contributed by atoms with van der Waals surface area (Å²) < 4.78 is 3.94. The maximum atomic E-state index is 13.0. The summed E-state index contributed by atoms with van der Waals surface area (Å²) in [6, 6.07) is 10.9. The molecule has 2 aliphatic heterocycles. The van der Waals surface area contributed by atoms with E-state index in [1.807, 2.05) is 24.3 Å². The maximum absolute atomic E-state index is 13.0. The number of nitriles is 1. The smallest absolute Gasteiger partial charge is 0.245 e. The average Bonchev–Trinajstić information content (AvgIpc) is 2.81. The van der Waals surface area contributed by atoms with Gasteiger partial charge in [0.2, 0.25) is 0 Å². The van der Waals surface area contributed by atoms with Gasteiger partial charge in [-0.3, -0.25) is 0 Å². The van der Waals surface area contributed by atoms with Crippen molar-refractivity contribution >= 4 is 0 Å². The third kappa shape index (κ3) is 1.21. The van der Waals surface area contributed by atoms with Crippen LogP contribution >= 0.6 is 0 Å². The van der Waals surface area contributed by atoms with Crippen molar-refractivity contribution in [2.75, 3.05) is 0 Å². The number of hydrogen-bond acceptors (Lipinski definition) is 3. The number of para-hydroxylation sites is 1. The molecular weight excluding hydrogens is 292 g/mol. The zero-order valence-corrected chi connectivity index (χ0v) is 12.0. The van der Waals surface area contributed by atoms with Gasteiger partial charge in [-0.15, -0.1) is 0 Å². The minimum absolute atomic E-state index is 0.0498. The fourth-order valence-electron chi connectivity index (χ4n) is 4.07. The standard InChI is InChI=1S/C17H12N4O2/c18-10-17-9-8-14(12-6-7-13(12)17)20-15(22)19(16(23)21(17)20)11-4-2-1-3-5-11/h1-9,12-14H/t12-,13-,14+,17+/m1/s1. The third-order valence-corrected chi connectivity index (χ3v) is 5.21. The fraction of sp³-hybridized carbons (Fsp3) is 0.235. The summed E-state index contributed by atoms with van der Waals surface area (Å²) in [5.41, 5.74) is -1.45. The van der Waals surface area contributed by atoms with Gasteiger partial charge in [-0.05, 0) is 18.2 Å². The van der Waals surface area contributed by atoms with Crippen LogP contribution in [0.25, 0.3) is 5.69 Å². The Hall–Kier alpha value is -3.07. The van der Waals surface area contributed by atoms with Crippen LogP contribution in [-0.4, -0.2) is 13.9 Å². The largest absolute Gasteiger partial charge is 0.353 e. The molecule has 3 heterocycles. The lowest BCUT2D eigenvalue weighted by molar-refractivity contribution is 0.0921. The minimum atomic E-state index is -1.11. The molecular formula is C17H12N4O2. The molecule has 0 amide bonds. The van der Waals surface area contributed by atoms with Gasteiger partial charge in [0.25, 0.3) is 0 Å². The average molecular weight is 304 g/mol. The van der Waals surface area contributed by atoms with Crippen LogP contribution in [0.3, 0.4) is 0 Å². The zero-order chi connectivity index (χ0) is 15.8. The topological polar surface area (TPSA) is 72.7 Å². The van der Waals surface area contributed by atoms with E-state index in [-0.39, 0.29) is 17.9 Å². The molecule has 0 unspecified atom stereocenters. The van der Waals surface area contributed by atoms with E-state index in [1.54, 1.807) is 30.3 Å². The molecule has 6 nitrogen and oxygen atoms in total. The van der Waals surface area contributed by atoms with Crippen LogP contribution in [0.2, 0.25) is 0 Å². The molecule has 0 saturated carbocycles. The van der Waals surface area contributed by atoms with E-state index < -0.39 is 16.9 Å². The highest BCUT2D eigenvalue weighted by molar-refractivity contribution is 5.39. The predicted octanol–water partition coefficient (Wildman–Crippen LogP) is 0.946. The van der Waals surface area contributed by atoms with E-state index >= 15 is 0 Å². The van der Waals surface area contributed by atoms with Gasteiger partial charge in [0.15, 0.2) is 5.54 Å². The Bertz CT molecular complexity index is 1050. The normalized spacial score (nSPS) is 32.0. The van der Waals surface area contributed by atoms with Gasteiger partial charge in [-0.2, -0.15) is 5.26 Å². The van der Waals surface area contributed by atoms with Crippen molar-refractivity contribution < 1.29 is 0 Å². The number of nitrogens with zero attached hydrogens (tertiary/aromatic N) is 4. The van der Waals surface area contributed by atoms with Gasteiger partial charge in [-0.25, -0.2) is 23.5 Å². The molecule has 6 heteroatoms. The Morgan fingerprint density at radius 1 is 1.04 bits per heavy atom. The van der Waals surface area contributed by atoms with E-state index in [0.29, 0.717) is 5.69 Å². The van der Waals surface area contributed by atoms with Crippen LogP contribution in [0.5, 0.6) is 0 Å². The second-order valence-corrected chi connectivity index (χ2v) is 6.17. The summed E-state index contributed by atoms with van der Waals surface area (Å²) in [5.74, 6) is 0.0506. The summed E-state index contributed by atoms with van der Waals surface area (Å²) in [4.78, 5) is 25.9. The van der Waals surface area contributed by atoms with Crippen LogP contribution in [0.4, 0.5) is 0 Å². The summed E-state index contributed by atoms with van der Waals surface area (Å²) >= 11 is 0. The number of hydrogen-bond donors (Lipinski definition) is 0. The monoisotopic (exact) mass is 304 g/mol. The number of aromatic nitrogens is 3. The van der Waals surface area contributed by atoms with E-state index in [1.165, 1.54) is 9.36 Å². The molecule has 4 aliphatic rings. The Kier molecular flexibility index (Phi) is 2.07. The van der Waals surface area contributed by atoms with Crippen LogP contribution < -0.4 is 11.4 Å². The molecule has 2 bridgehead atoms. The highest BCUT2D eigenvalue weighted by Crippen LogP contribution is 2.52. The predicted molar refractivity (Wildman–Crippen MR) is 82.2 cm³/mol. The number of allylic oxidation sites excluding steroid dienone is 4. The van der Waals surface area contributed by atoms with Gasteiger partial charge in [-0.1, -0.05) is 36.4 Å². The van der Waals surface area contributed by atoms with Crippen molar-refractivity contribution in [3.63, 3.8) is 0 Å². The lowest BCUT2D eigenvalue weighted by Crippen LogP contribution is -2.60. The Morgan fingerprint density at radius 3 is 2.48 bits per heavy atom. The van der Waals surface area contributed by atoms with Gasteiger partial charge >= 0.3 is 11.4 Å². The SMILES string of the molecule is N#C[C@@]12C=C[C@@H]([C@@H]3C=C[C@H]31)n1c(=O)n(-c3ccccc3)c(=O)n12. The van der Waals surface area contributed by atoms with Crippen molar-refractivity contribution in [2.45, 2.75) is 11.6 Å². The molecule has 23 heavy (non-hydrogen) atoms. The van der Waals surface area contributed by atoms with Gasteiger partial charge in [0, 0.05) is 11.8 Å². The van der Waals surface area contributed by atoms with E-state index in [9.17, 15) is 14.9 Å². The van der Waals surface area contributed by atoms with Gasteiger partial charge in [0.05, 0.1) is 17.8 Å². The van der Waals surface area contributed by atoms with Crippen molar-refractivity contribution in [1.29, 1.82) is 5.26 Å².